The Kier molecular flexibility index (Phi) is 10.1. The van der Waals surface area contributed by atoms with Crippen molar-refractivity contribution in [2.75, 3.05) is 40.6 Å². The molecule has 0 aromatic heterocycles. The fourth-order valence-electron chi connectivity index (χ4n) is 1.64. The molecular weight excluding hydrogens is 222 g/mol. The Hall–Kier alpha value is -0.650. The predicted octanol–water partition coefficient (Wildman–Crippen LogP) is 0.659. The van der Waals surface area contributed by atoms with Crippen LogP contribution in [0.3, 0.4) is 0 Å². The number of hydrogen-bond donors (Lipinski definition) is 1. The van der Waals surface area contributed by atoms with Crippen LogP contribution in [0.15, 0.2) is 0 Å². The molecule has 5 heteroatoms. The summed E-state index contributed by atoms with van der Waals surface area (Å²) in [5, 5.41) is 8.69. The van der Waals surface area contributed by atoms with Gasteiger partial charge in [-0.25, -0.2) is 0 Å². The molecule has 5 nitrogen and oxygen atoms in total. The van der Waals surface area contributed by atoms with Gasteiger partial charge in [-0.2, -0.15) is 0 Å². The highest BCUT2D eigenvalue weighted by Gasteiger charge is 2.19. The van der Waals surface area contributed by atoms with Gasteiger partial charge in [0.15, 0.2) is 0 Å². The maximum atomic E-state index is 12.0. The van der Waals surface area contributed by atoms with Crippen LogP contribution in [0.4, 0.5) is 0 Å². The average molecular weight is 247 g/mol. The highest BCUT2D eigenvalue weighted by molar-refractivity contribution is 5.76. The van der Waals surface area contributed by atoms with Crippen molar-refractivity contribution in [2.24, 2.45) is 0 Å². The lowest BCUT2D eigenvalue weighted by Crippen LogP contribution is -2.42. The molecule has 0 aliphatic carbocycles. The summed E-state index contributed by atoms with van der Waals surface area (Å²) in [5.74, 6) is 0.0973. The monoisotopic (exact) mass is 247 g/mol. The SMILES string of the molecule is COCCN(C(=O)CCCCO)C(C)COC. The number of methoxy groups -OCH3 is 2. The molecule has 0 spiro atoms. The van der Waals surface area contributed by atoms with Crippen LogP contribution in [-0.4, -0.2) is 62.5 Å². The minimum atomic E-state index is 0.0526. The maximum Gasteiger partial charge on any atom is 0.222 e. The molecule has 0 radical (unpaired) electrons. The second-order valence-corrected chi connectivity index (χ2v) is 4.07. The molecule has 0 aromatic rings. The maximum absolute atomic E-state index is 12.0. The third-order valence-electron chi connectivity index (χ3n) is 2.60. The average Bonchev–Trinajstić information content (AvgIpc) is 2.30. The van der Waals surface area contributed by atoms with Gasteiger partial charge in [-0.15, -0.1) is 0 Å². The van der Waals surface area contributed by atoms with Crippen LogP contribution in [0.5, 0.6) is 0 Å². The molecule has 1 atom stereocenters. The topological polar surface area (TPSA) is 59.0 Å². The number of aliphatic hydroxyl groups is 1. The van der Waals surface area contributed by atoms with Crippen LogP contribution in [0.25, 0.3) is 0 Å². The molecule has 17 heavy (non-hydrogen) atoms. The van der Waals surface area contributed by atoms with Crippen LogP contribution in [0, 0.1) is 0 Å². The Bertz CT molecular complexity index is 199. The fraction of sp³-hybridized carbons (Fsp3) is 0.917. The number of carbonyl (C=O) groups excluding carboxylic acids is 1. The third kappa shape index (κ3) is 7.31. The van der Waals surface area contributed by atoms with Gasteiger partial charge in [-0.05, 0) is 19.8 Å². The lowest BCUT2D eigenvalue weighted by atomic mass is 10.2. The summed E-state index contributed by atoms with van der Waals surface area (Å²) < 4.78 is 10.1. The standard InChI is InChI=1S/C12H25NO4/c1-11(10-17-3)13(7-9-16-2)12(15)6-4-5-8-14/h11,14H,4-10H2,1-3H3. The Morgan fingerprint density at radius 3 is 2.53 bits per heavy atom. The number of hydrogen-bond acceptors (Lipinski definition) is 4. The molecule has 1 amide bonds. The Morgan fingerprint density at radius 1 is 1.29 bits per heavy atom. The number of ether oxygens (including phenoxy) is 2. The third-order valence-corrected chi connectivity index (χ3v) is 2.60. The first-order valence-corrected chi connectivity index (χ1v) is 6.05. The van der Waals surface area contributed by atoms with E-state index in [0.29, 0.717) is 32.6 Å². The quantitative estimate of drug-likeness (QED) is 0.576. The van der Waals surface area contributed by atoms with Gasteiger partial charge < -0.3 is 19.5 Å². The van der Waals surface area contributed by atoms with Crippen molar-refractivity contribution in [3.8, 4) is 0 Å². The van der Waals surface area contributed by atoms with Crippen LogP contribution in [-0.2, 0) is 14.3 Å². The summed E-state index contributed by atoms with van der Waals surface area (Å²) in [6, 6.07) is 0.0526. The number of rotatable bonds is 10. The zero-order valence-electron chi connectivity index (χ0n) is 11.1. The van der Waals surface area contributed by atoms with Gasteiger partial charge in [0.25, 0.3) is 0 Å². The van der Waals surface area contributed by atoms with E-state index in [2.05, 4.69) is 0 Å². The summed E-state index contributed by atoms with van der Waals surface area (Å²) in [7, 11) is 3.25. The van der Waals surface area contributed by atoms with E-state index in [1.165, 1.54) is 0 Å². The highest BCUT2D eigenvalue weighted by atomic mass is 16.5. The minimum absolute atomic E-state index is 0.0526. The summed E-state index contributed by atoms with van der Waals surface area (Å²) in [5.41, 5.74) is 0. The van der Waals surface area contributed by atoms with Gasteiger partial charge in [0.1, 0.15) is 0 Å². The summed E-state index contributed by atoms with van der Waals surface area (Å²) in [6.07, 6.45) is 1.86. The van der Waals surface area contributed by atoms with Gasteiger partial charge in [-0.3, -0.25) is 4.79 Å². The van der Waals surface area contributed by atoms with Crippen LogP contribution in [0.2, 0.25) is 0 Å². The normalized spacial score (nSPS) is 12.5. The first-order valence-electron chi connectivity index (χ1n) is 6.05. The van der Waals surface area contributed by atoms with E-state index in [1.54, 1.807) is 19.1 Å². The van der Waals surface area contributed by atoms with E-state index in [4.69, 9.17) is 14.6 Å². The Morgan fingerprint density at radius 2 is 2.00 bits per heavy atom. The molecular formula is C12H25NO4. The first kappa shape index (κ1) is 16.4. The minimum Gasteiger partial charge on any atom is -0.396 e. The van der Waals surface area contributed by atoms with Gasteiger partial charge >= 0.3 is 0 Å². The second-order valence-electron chi connectivity index (χ2n) is 4.07. The smallest absolute Gasteiger partial charge is 0.222 e. The lowest BCUT2D eigenvalue weighted by Gasteiger charge is -2.28. The summed E-state index contributed by atoms with van der Waals surface area (Å²) in [6.45, 7) is 3.73. The predicted molar refractivity (Wildman–Crippen MR) is 65.9 cm³/mol. The first-order chi connectivity index (χ1) is 8.17. The van der Waals surface area contributed by atoms with Crippen molar-refractivity contribution < 1.29 is 19.4 Å². The van der Waals surface area contributed by atoms with Gasteiger partial charge in [-0.1, -0.05) is 0 Å². The van der Waals surface area contributed by atoms with Crippen molar-refractivity contribution in [3.63, 3.8) is 0 Å². The molecule has 102 valence electrons. The highest BCUT2D eigenvalue weighted by Crippen LogP contribution is 2.06. The van der Waals surface area contributed by atoms with E-state index in [-0.39, 0.29) is 18.6 Å². The zero-order chi connectivity index (χ0) is 13.1. The fourth-order valence-corrected chi connectivity index (χ4v) is 1.64. The van der Waals surface area contributed by atoms with Crippen LogP contribution < -0.4 is 0 Å². The summed E-state index contributed by atoms with van der Waals surface area (Å²) >= 11 is 0. The number of unbranched alkanes of at least 4 members (excludes halogenated alkanes) is 1. The Labute approximate surface area is 104 Å². The van der Waals surface area contributed by atoms with Crippen molar-refractivity contribution in [1.82, 2.24) is 4.90 Å². The lowest BCUT2D eigenvalue weighted by molar-refractivity contribution is -0.135. The van der Waals surface area contributed by atoms with E-state index >= 15 is 0 Å². The molecule has 1 unspecified atom stereocenters. The second kappa shape index (κ2) is 10.5. The molecule has 0 rings (SSSR count). The van der Waals surface area contributed by atoms with E-state index in [1.807, 2.05) is 6.92 Å². The Balaban J connectivity index is 4.18. The largest absolute Gasteiger partial charge is 0.396 e. The van der Waals surface area contributed by atoms with Crippen LogP contribution in [0.1, 0.15) is 26.2 Å². The van der Waals surface area contributed by atoms with E-state index in [9.17, 15) is 4.79 Å². The molecule has 1 N–H and O–H groups in total. The molecule has 0 heterocycles. The van der Waals surface area contributed by atoms with Gasteiger partial charge in [0.05, 0.1) is 19.3 Å². The number of carbonyl (C=O) groups is 1. The molecule has 0 saturated heterocycles. The number of amides is 1. The van der Waals surface area contributed by atoms with Gasteiger partial charge in [0, 0.05) is 33.8 Å². The van der Waals surface area contributed by atoms with E-state index < -0.39 is 0 Å². The number of aliphatic hydroxyl groups excluding tert-OH is 1. The van der Waals surface area contributed by atoms with Crippen molar-refractivity contribution in [1.29, 1.82) is 0 Å². The van der Waals surface area contributed by atoms with Crippen LogP contribution >= 0.6 is 0 Å². The van der Waals surface area contributed by atoms with Gasteiger partial charge in [0.2, 0.25) is 5.91 Å². The van der Waals surface area contributed by atoms with Crippen molar-refractivity contribution >= 4 is 5.91 Å². The molecule has 0 aliphatic rings. The van der Waals surface area contributed by atoms with Crippen molar-refractivity contribution in [3.05, 3.63) is 0 Å². The zero-order valence-corrected chi connectivity index (χ0v) is 11.1. The van der Waals surface area contributed by atoms with E-state index in [0.717, 1.165) is 6.42 Å². The summed E-state index contributed by atoms with van der Waals surface area (Å²) in [4.78, 5) is 13.8. The molecule has 0 aromatic carbocycles. The molecule has 0 saturated carbocycles. The number of nitrogens with zero attached hydrogens (tertiary/aromatic N) is 1. The van der Waals surface area contributed by atoms with Crippen molar-refractivity contribution in [2.45, 2.75) is 32.2 Å². The molecule has 0 aliphatic heterocycles. The molecule has 0 bridgehead atoms. The molecule has 0 fully saturated rings.